The van der Waals surface area contributed by atoms with Gasteiger partial charge in [-0.1, -0.05) is 33.6 Å². The summed E-state index contributed by atoms with van der Waals surface area (Å²) in [6.07, 6.45) is 4.89. The zero-order valence-electron chi connectivity index (χ0n) is 10.1. The highest BCUT2D eigenvalue weighted by atomic mass is 16.1. The van der Waals surface area contributed by atoms with Crippen molar-refractivity contribution in [1.82, 2.24) is 0 Å². The molecule has 0 aromatic heterocycles. The van der Waals surface area contributed by atoms with Gasteiger partial charge in [-0.05, 0) is 18.3 Å². The van der Waals surface area contributed by atoms with Crippen LogP contribution in [0.4, 0.5) is 0 Å². The van der Waals surface area contributed by atoms with Crippen molar-refractivity contribution in [1.29, 1.82) is 0 Å². The predicted molar refractivity (Wildman–Crippen MR) is 60.7 cm³/mol. The highest BCUT2D eigenvalue weighted by molar-refractivity contribution is 6.01. The summed E-state index contributed by atoms with van der Waals surface area (Å²) in [6.45, 7) is 6.30. The lowest BCUT2D eigenvalue weighted by molar-refractivity contribution is -0.128. The third-order valence-corrected chi connectivity index (χ3v) is 3.33. The van der Waals surface area contributed by atoms with Crippen molar-refractivity contribution in [3.05, 3.63) is 0 Å². The van der Waals surface area contributed by atoms with Gasteiger partial charge in [-0.15, -0.1) is 0 Å². The molecule has 1 fully saturated rings. The Labute approximate surface area is 92.4 Å². The first-order valence-corrected chi connectivity index (χ1v) is 6.02. The van der Waals surface area contributed by atoms with Crippen LogP contribution in [0.1, 0.15) is 59.3 Å². The van der Waals surface area contributed by atoms with Crippen LogP contribution in [-0.2, 0) is 9.59 Å². The molecule has 1 saturated carbocycles. The topological polar surface area (TPSA) is 34.1 Å². The van der Waals surface area contributed by atoms with Gasteiger partial charge < -0.3 is 0 Å². The molecule has 0 bridgehead atoms. The molecule has 2 nitrogen and oxygen atoms in total. The minimum absolute atomic E-state index is 0.135. The van der Waals surface area contributed by atoms with Crippen molar-refractivity contribution >= 4 is 11.6 Å². The maximum atomic E-state index is 11.6. The number of hydrogen-bond donors (Lipinski definition) is 0. The van der Waals surface area contributed by atoms with Crippen LogP contribution in [0.15, 0.2) is 0 Å². The summed E-state index contributed by atoms with van der Waals surface area (Å²) in [5.74, 6) is 0.463. The number of Topliss-reactive ketones (excluding diaryl/α,β-unsaturated/α-hetero) is 2. The molecule has 0 N–H and O–H groups in total. The standard InChI is InChI=1S/C13H22O2/c1-4-5-6-7-10(14)8-12(15)11-9-13(11,2)3/h11H,4-9H2,1-3H3. The Kier molecular flexibility index (Phi) is 4.06. The van der Waals surface area contributed by atoms with Gasteiger partial charge in [-0.25, -0.2) is 0 Å². The van der Waals surface area contributed by atoms with Gasteiger partial charge >= 0.3 is 0 Å². The monoisotopic (exact) mass is 210 g/mol. The van der Waals surface area contributed by atoms with E-state index < -0.39 is 0 Å². The van der Waals surface area contributed by atoms with Gasteiger partial charge in [0.1, 0.15) is 11.6 Å². The number of ketones is 2. The van der Waals surface area contributed by atoms with Gasteiger partial charge in [0.25, 0.3) is 0 Å². The minimum atomic E-state index is 0.135. The SMILES string of the molecule is CCCCCC(=O)CC(=O)C1CC1(C)C. The zero-order valence-corrected chi connectivity index (χ0v) is 10.1. The lowest BCUT2D eigenvalue weighted by Gasteiger charge is -2.02. The third kappa shape index (κ3) is 3.77. The van der Waals surface area contributed by atoms with Crippen molar-refractivity contribution in [2.45, 2.75) is 59.3 Å². The number of hydrogen-bond acceptors (Lipinski definition) is 2. The minimum Gasteiger partial charge on any atom is -0.299 e. The molecule has 2 heteroatoms. The molecule has 0 radical (unpaired) electrons. The van der Waals surface area contributed by atoms with E-state index in [1.807, 2.05) is 0 Å². The molecule has 1 rings (SSSR count). The summed E-state index contributed by atoms with van der Waals surface area (Å²) >= 11 is 0. The predicted octanol–water partition coefficient (Wildman–Crippen LogP) is 3.14. The van der Waals surface area contributed by atoms with E-state index in [1.165, 1.54) is 0 Å². The molecule has 0 spiro atoms. The molecule has 0 saturated heterocycles. The molecule has 15 heavy (non-hydrogen) atoms. The van der Waals surface area contributed by atoms with Crippen LogP contribution in [0.2, 0.25) is 0 Å². The summed E-state index contributed by atoms with van der Waals surface area (Å²) < 4.78 is 0. The summed E-state index contributed by atoms with van der Waals surface area (Å²) in [4.78, 5) is 23.1. The molecule has 86 valence electrons. The molecule has 0 heterocycles. The normalized spacial score (nSPS) is 22.5. The fraction of sp³-hybridized carbons (Fsp3) is 0.846. The number of rotatable bonds is 7. The average Bonchev–Trinajstić information content (AvgIpc) is 2.76. The van der Waals surface area contributed by atoms with E-state index in [0.717, 1.165) is 25.7 Å². The lowest BCUT2D eigenvalue weighted by Crippen LogP contribution is -2.12. The molecule has 0 amide bonds. The Morgan fingerprint density at radius 2 is 1.87 bits per heavy atom. The summed E-state index contributed by atoms with van der Waals surface area (Å²) in [5, 5.41) is 0. The van der Waals surface area contributed by atoms with Gasteiger partial charge in [-0.2, -0.15) is 0 Å². The molecular weight excluding hydrogens is 188 g/mol. The molecule has 1 atom stereocenters. The molecule has 1 aliphatic carbocycles. The van der Waals surface area contributed by atoms with E-state index in [-0.39, 0.29) is 29.3 Å². The Morgan fingerprint density at radius 3 is 2.33 bits per heavy atom. The highest BCUT2D eigenvalue weighted by Gasteiger charge is 2.50. The molecule has 0 aromatic rings. The van der Waals surface area contributed by atoms with Gasteiger partial charge in [-0.3, -0.25) is 9.59 Å². The van der Waals surface area contributed by atoms with Crippen molar-refractivity contribution in [3.8, 4) is 0 Å². The van der Waals surface area contributed by atoms with E-state index in [4.69, 9.17) is 0 Å². The zero-order chi connectivity index (χ0) is 11.5. The second-order valence-electron chi connectivity index (χ2n) is 5.38. The van der Waals surface area contributed by atoms with Gasteiger partial charge in [0, 0.05) is 12.3 Å². The van der Waals surface area contributed by atoms with Crippen molar-refractivity contribution in [2.75, 3.05) is 0 Å². The second kappa shape index (κ2) is 4.91. The summed E-state index contributed by atoms with van der Waals surface area (Å²) in [7, 11) is 0. The molecule has 1 aliphatic rings. The Bertz CT molecular complexity index is 253. The first-order valence-electron chi connectivity index (χ1n) is 6.02. The van der Waals surface area contributed by atoms with Gasteiger partial charge in [0.05, 0.1) is 6.42 Å². The summed E-state index contributed by atoms with van der Waals surface area (Å²) in [5.41, 5.74) is 0.167. The van der Waals surface area contributed by atoms with Crippen LogP contribution >= 0.6 is 0 Å². The van der Waals surface area contributed by atoms with Crippen LogP contribution in [0, 0.1) is 11.3 Å². The number of carbonyl (C=O) groups excluding carboxylic acids is 2. The van der Waals surface area contributed by atoms with Gasteiger partial charge in [0.15, 0.2) is 0 Å². The number of carbonyl (C=O) groups is 2. The summed E-state index contributed by atoms with van der Waals surface area (Å²) in [6, 6.07) is 0. The lowest BCUT2D eigenvalue weighted by atomic mass is 10.0. The van der Waals surface area contributed by atoms with Crippen LogP contribution in [0.25, 0.3) is 0 Å². The first-order chi connectivity index (χ1) is 6.97. The quantitative estimate of drug-likeness (QED) is 0.478. The van der Waals surface area contributed by atoms with Gasteiger partial charge in [0.2, 0.25) is 0 Å². The van der Waals surface area contributed by atoms with Crippen LogP contribution in [0.5, 0.6) is 0 Å². The largest absolute Gasteiger partial charge is 0.299 e. The first kappa shape index (κ1) is 12.4. The van der Waals surface area contributed by atoms with E-state index in [0.29, 0.717) is 6.42 Å². The van der Waals surface area contributed by atoms with Crippen molar-refractivity contribution in [3.63, 3.8) is 0 Å². The van der Waals surface area contributed by atoms with Crippen LogP contribution in [-0.4, -0.2) is 11.6 Å². The molecular formula is C13H22O2. The Hall–Kier alpha value is -0.660. The maximum Gasteiger partial charge on any atom is 0.143 e. The van der Waals surface area contributed by atoms with E-state index >= 15 is 0 Å². The van der Waals surface area contributed by atoms with Crippen LogP contribution < -0.4 is 0 Å². The van der Waals surface area contributed by atoms with E-state index in [1.54, 1.807) is 0 Å². The second-order valence-corrected chi connectivity index (χ2v) is 5.38. The smallest absolute Gasteiger partial charge is 0.143 e. The fourth-order valence-corrected chi connectivity index (χ4v) is 1.99. The van der Waals surface area contributed by atoms with E-state index in [2.05, 4.69) is 20.8 Å². The van der Waals surface area contributed by atoms with Crippen molar-refractivity contribution in [2.24, 2.45) is 11.3 Å². The molecule has 0 aromatic carbocycles. The maximum absolute atomic E-state index is 11.6. The Morgan fingerprint density at radius 1 is 1.27 bits per heavy atom. The van der Waals surface area contributed by atoms with E-state index in [9.17, 15) is 9.59 Å². The Balaban J connectivity index is 2.18. The third-order valence-electron chi connectivity index (χ3n) is 3.33. The van der Waals surface area contributed by atoms with Crippen molar-refractivity contribution < 1.29 is 9.59 Å². The fourth-order valence-electron chi connectivity index (χ4n) is 1.99. The number of unbranched alkanes of at least 4 members (excludes halogenated alkanes) is 2. The average molecular weight is 210 g/mol. The highest BCUT2D eigenvalue weighted by Crippen LogP contribution is 2.52. The molecule has 1 unspecified atom stereocenters. The van der Waals surface area contributed by atoms with Crippen LogP contribution in [0.3, 0.4) is 0 Å². The molecule has 0 aliphatic heterocycles.